The van der Waals surface area contributed by atoms with Gasteiger partial charge in [-0.05, 0) is 43.3 Å². The second kappa shape index (κ2) is 10.4. The number of carbonyl (C=O) groups excluding carboxylic acids is 2. The third kappa shape index (κ3) is 6.39. The number of benzene rings is 2. The smallest absolute Gasteiger partial charge is 0.319 e. The molecule has 0 fully saturated rings. The fraction of sp³-hybridized carbons (Fsp3) is 0.200. The molecular formula is C20H17BrFN3O4S. The zero-order valence-electron chi connectivity index (χ0n) is 15.8. The molecule has 0 aliphatic heterocycles. The standard InChI is InChI=1S/C20H17BrFN3O4S/c1-12(30-11-17(26)23-16-7-5-15(22)6-8-16)20(27)28-10-18-24-19(25-29-18)13-3-2-4-14(21)9-13/h2-9,12H,10-11H2,1H3,(H,23,26). The fourth-order valence-corrected chi connectivity index (χ4v) is 3.38. The molecular weight excluding hydrogens is 477 g/mol. The lowest BCUT2D eigenvalue weighted by Gasteiger charge is -2.10. The van der Waals surface area contributed by atoms with E-state index in [1.165, 1.54) is 24.3 Å². The van der Waals surface area contributed by atoms with E-state index in [0.717, 1.165) is 21.8 Å². The van der Waals surface area contributed by atoms with Gasteiger partial charge in [-0.1, -0.05) is 33.2 Å². The maximum atomic E-state index is 12.9. The average Bonchev–Trinajstić information content (AvgIpc) is 3.21. The Bertz CT molecular complexity index is 1030. The predicted octanol–water partition coefficient (Wildman–Crippen LogP) is 4.44. The van der Waals surface area contributed by atoms with Gasteiger partial charge in [0.15, 0.2) is 6.61 Å². The molecule has 1 N–H and O–H groups in total. The third-order valence-corrected chi connectivity index (χ3v) is 5.43. The Balaban J connectivity index is 1.43. The number of hydrogen-bond acceptors (Lipinski definition) is 7. The molecule has 0 aliphatic carbocycles. The molecule has 10 heteroatoms. The molecule has 1 heterocycles. The molecule has 3 rings (SSSR count). The summed E-state index contributed by atoms with van der Waals surface area (Å²) in [7, 11) is 0. The molecule has 3 aromatic rings. The van der Waals surface area contributed by atoms with Gasteiger partial charge in [-0.2, -0.15) is 4.98 Å². The topological polar surface area (TPSA) is 94.3 Å². The van der Waals surface area contributed by atoms with Crippen molar-refractivity contribution >= 4 is 45.3 Å². The second-order valence-electron chi connectivity index (χ2n) is 6.14. The van der Waals surface area contributed by atoms with Gasteiger partial charge >= 0.3 is 5.97 Å². The number of aromatic nitrogens is 2. The number of hydrogen-bond donors (Lipinski definition) is 1. The van der Waals surface area contributed by atoms with Gasteiger partial charge in [-0.3, -0.25) is 9.59 Å². The van der Waals surface area contributed by atoms with Gasteiger partial charge in [0.1, 0.15) is 11.1 Å². The molecule has 156 valence electrons. The van der Waals surface area contributed by atoms with E-state index in [9.17, 15) is 14.0 Å². The van der Waals surface area contributed by atoms with Crippen LogP contribution in [0.2, 0.25) is 0 Å². The molecule has 0 bridgehead atoms. The Morgan fingerprint density at radius 3 is 2.77 bits per heavy atom. The number of anilines is 1. The number of amides is 1. The zero-order valence-corrected chi connectivity index (χ0v) is 18.2. The highest BCUT2D eigenvalue weighted by Gasteiger charge is 2.18. The normalized spacial score (nSPS) is 11.7. The summed E-state index contributed by atoms with van der Waals surface area (Å²) < 4.78 is 24.1. The lowest BCUT2D eigenvalue weighted by atomic mass is 10.2. The summed E-state index contributed by atoms with van der Waals surface area (Å²) in [4.78, 5) is 28.3. The van der Waals surface area contributed by atoms with Crippen molar-refractivity contribution in [3.63, 3.8) is 0 Å². The Labute approximate surface area is 184 Å². The number of rotatable bonds is 8. The van der Waals surface area contributed by atoms with Crippen molar-refractivity contribution in [2.75, 3.05) is 11.1 Å². The molecule has 1 atom stereocenters. The quantitative estimate of drug-likeness (QED) is 0.463. The van der Waals surface area contributed by atoms with Crippen LogP contribution in [0.15, 0.2) is 57.5 Å². The summed E-state index contributed by atoms with van der Waals surface area (Å²) in [5.41, 5.74) is 1.25. The zero-order chi connectivity index (χ0) is 21.5. The summed E-state index contributed by atoms with van der Waals surface area (Å²) in [6, 6.07) is 12.8. The van der Waals surface area contributed by atoms with E-state index >= 15 is 0 Å². The Morgan fingerprint density at radius 1 is 1.27 bits per heavy atom. The SMILES string of the molecule is CC(SCC(=O)Nc1ccc(F)cc1)C(=O)OCc1nc(-c2cccc(Br)c2)no1. The molecule has 30 heavy (non-hydrogen) atoms. The van der Waals surface area contributed by atoms with Gasteiger partial charge in [0, 0.05) is 15.7 Å². The van der Waals surface area contributed by atoms with Crippen LogP contribution < -0.4 is 5.32 Å². The first kappa shape index (κ1) is 22.0. The van der Waals surface area contributed by atoms with Gasteiger partial charge in [0.25, 0.3) is 5.89 Å². The first-order valence-corrected chi connectivity index (χ1v) is 10.7. The monoisotopic (exact) mass is 493 g/mol. The van der Waals surface area contributed by atoms with Gasteiger partial charge in [0.2, 0.25) is 11.7 Å². The van der Waals surface area contributed by atoms with Crippen LogP contribution in [0.3, 0.4) is 0 Å². The molecule has 0 saturated carbocycles. The maximum absolute atomic E-state index is 12.9. The number of halogens is 2. The number of ether oxygens (including phenoxy) is 1. The van der Waals surface area contributed by atoms with E-state index in [2.05, 4.69) is 31.4 Å². The van der Waals surface area contributed by atoms with Crippen LogP contribution in [0.5, 0.6) is 0 Å². The number of esters is 1. The molecule has 0 saturated heterocycles. The van der Waals surface area contributed by atoms with Gasteiger partial charge < -0.3 is 14.6 Å². The Kier molecular flexibility index (Phi) is 7.58. The molecule has 7 nitrogen and oxygen atoms in total. The van der Waals surface area contributed by atoms with Crippen molar-refractivity contribution in [2.45, 2.75) is 18.8 Å². The Morgan fingerprint density at radius 2 is 2.03 bits per heavy atom. The van der Waals surface area contributed by atoms with Crippen LogP contribution in [0.25, 0.3) is 11.4 Å². The van der Waals surface area contributed by atoms with Crippen molar-refractivity contribution < 1.29 is 23.2 Å². The molecule has 1 amide bonds. The summed E-state index contributed by atoms with van der Waals surface area (Å²) >= 11 is 4.50. The highest BCUT2D eigenvalue weighted by atomic mass is 79.9. The van der Waals surface area contributed by atoms with Gasteiger partial charge in [0.05, 0.1) is 5.75 Å². The van der Waals surface area contributed by atoms with Crippen LogP contribution in [0.4, 0.5) is 10.1 Å². The van der Waals surface area contributed by atoms with E-state index < -0.39 is 11.2 Å². The van der Waals surface area contributed by atoms with E-state index in [1.807, 2.05) is 24.3 Å². The highest BCUT2D eigenvalue weighted by Crippen LogP contribution is 2.21. The van der Waals surface area contributed by atoms with Crippen molar-refractivity contribution in [3.05, 3.63) is 64.7 Å². The summed E-state index contributed by atoms with van der Waals surface area (Å²) in [6.07, 6.45) is 0. The van der Waals surface area contributed by atoms with Crippen LogP contribution in [-0.4, -0.2) is 33.0 Å². The minimum atomic E-state index is -0.573. The minimum Gasteiger partial charge on any atom is -0.455 e. The third-order valence-electron chi connectivity index (χ3n) is 3.81. The number of nitrogens with zero attached hydrogens (tertiary/aromatic N) is 2. The van der Waals surface area contributed by atoms with Gasteiger partial charge in [-0.15, -0.1) is 11.8 Å². The van der Waals surface area contributed by atoms with E-state index in [4.69, 9.17) is 9.26 Å². The van der Waals surface area contributed by atoms with Crippen molar-refractivity contribution in [2.24, 2.45) is 0 Å². The Hall–Kier alpha value is -2.72. The largest absolute Gasteiger partial charge is 0.455 e. The number of carbonyl (C=O) groups is 2. The highest BCUT2D eigenvalue weighted by molar-refractivity contribution is 9.10. The van der Waals surface area contributed by atoms with Crippen LogP contribution in [0, 0.1) is 5.82 Å². The minimum absolute atomic E-state index is 0.0429. The predicted molar refractivity (Wildman–Crippen MR) is 114 cm³/mol. The van der Waals surface area contributed by atoms with E-state index in [0.29, 0.717) is 11.5 Å². The molecule has 1 aromatic heterocycles. The first-order valence-electron chi connectivity index (χ1n) is 8.83. The number of nitrogens with one attached hydrogen (secondary N) is 1. The summed E-state index contributed by atoms with van der Waals surface area (Å²) in [6.45, 7) is 1.48. The first-order chi connectivity index (χ1) is 14.4. The van der Waals surface area contributed by atoms with E-state index in [1.54, 1.807) is 6.92 Å². The lowest BCUT2D eigenvalue weighted by Crippen LogP contribution is -2.21. The van der Waals surface area contributed by atoms with E-state index in [-0.39, 0.29) is 30.0 Å². The average molecular weight is 494 g/mol. The molecule has 0 spiro atoms. The fourth-order valence-electron chi connectivity index (χ4n) is 2.31. The van der Waals surface area contributed by atoms with Crippen molar-refractivity contribution in [3.8, 4) is 11.4 Å². The van der Waals surface area contributed by atoms with Crippen molar-refractivity contribution in [1.29, 1.82) is 0 Å². The molecule has 2 aromatic carbocycles. The second-order valence-corrected chi connectivity index (χ2v) is 8.38. The lowest BCUT2D eigenvalue weighted by molar-refractivity contribution is -0.144. The van der Waals surface area contributed by atoms with Crippen LogP contribution >= 0.6 is 27.7 Å². The molecule has 0 radical (unpaired) electrons. The molecule has 1 unspecified atom stereocenters. The van der Waals surface area contributed by atoms with Crippen LogP contribution in [0.1, 0.15) is 12.8 Å². The van der Waals surface area contributed by atoms with Gasteiger partial charge in [-0.25, -0.2) is 4.39 Å². The maximum Gasteiger partial charge on any atom is 0.319 e. The van der Waals surface area contributed by atoms with Crippen molar-refractivity contribution in [1.82, 2.24) is 10.1 Å². The summed E-state index contributed by atoms with van der Waals surface area (Å²) in [5, 5.41) is 5.93. The number of thioether (sulfide) groups is 1. The van der Waals surface area contributed by atoms with Crippen LogP contribution in [-0.2, 0) is 20.9 Å². The molecule has 0 aliphatic rings. The summed E-state index contributed by atoms with van der Waals surface area (Å²) in [5.74, 6) is -0.588.